The summed E-state index contributed by atoms with van der Waals surface area (Å²) >= 11 is 0. The van der Waals surface area contributed by atoms with Crippen LogP contribution in [-0.2, 0) is 29.7 Å². The van der Waals surface area contributed by atoms with Crippen molar-refractivity contribution in [1.29, 1.82) is 0 Å². The van der Waals surface area contributed by atoms with E-state index in [1.807, 2.05) is 24.3 Å². The molecule has 12 nitrogen and oxygen atoms in total. The number of nitrogens with zero attached hydrogens (tertiary/aromatic N) is 1. The van der Waals surface area contributed by atoms with E-state index in [0.717, 1.165) is 37.7 Å². The van der Waals surface area contributed by atoms with E-state index in [1.54, 1.807) is 25.7 Å². The van der Waals surface area contributed by atoms with E-state index in [4.69, 9.17) is 13.8 Å². The Kier molecular flexibility index (Phi) is 13.1. The number of carbonyl (C=O) groups is 3. The SMILES string of the molecule is CCOP(=O)(OCC)C(O)[C@H](CC(C)C(=O)N1CCOc2ccccc2C1)NC(=O)[C@H](CC1CCCCC1)NC(=O)O. The zero-order chi connectivity index (χ0) is 30.7. The summed E-state index contributed by atoms with van der Waals surface area (Å²) in [6.45, 7) is 5.85. The van der Waals surface area contributed by atoms with Crippen molar-refractivity contribution in [2.75, 3.05) is 26.4 Å². The van der Waals surface area contributed by atoms with Crippen LogP contribution in [-0.4, -0.2) is 77.3 Å². The van der Waals surface area contributed by atoms with Crippen molar-refractivity contribution in [3.63, 3.8) is 0 Å². The summed E-state index contributed by atoms with van der Waals surface area (Å²) in [5.41, 5.74) is 0.864. The van der Waals surface area contributed by atoms with Crippen LogP contribution in [0.5, 0.6) is 5.75 Å². The molecule has 42 heavy (non-hydrogen) atoms. The molecule has 13 heteroatoms. The smallest absolute Gasteiger partial charge is 0.405 e. The van der Waals surface area contributed by atoms with Gasteiger partial charge in [0, 0.05) is 18.0 Å². The molecule has 236 valence electrons. The van der Waals surface area contributed by atoms with Crippen LogP contribution >= 0.6 is 7.60 Å². The van der Waals surface area contributed by atoms with Gasteiger partial charge in [0.2, 0.25) is 11.8 Å². The minimum absolute atomic E-state index is 0.0124. The van der Waals surface area contributed by atoms with Crippen molar-refractivity contribution in [2.45, 2.75) is 90.2 Å². The van der Waals surface area contributed by atoms with Crippen LogP contribution in [0.2, 0.25) is 0 Å². The number of hydrogen-bond donors (Lipinski definition) is 4. The quantitative estimate of drug-likeness (QED) is 0.227. The summed E-state index contributed by atoms with van der Waals surface area (Å²) in [6.07, 6.45) is 3.82. The summed E-state index contributed by atoms with van der Waals surface area (Å²) in [7, 11) is -4.13. The molecule has 0 aromatic heterocycles. The molecule has 3 rings (SSSR count). The number of hydrogen-bond acceptors (Lipinski definition) is 8. The number of para-hydroxylation sites is 1. The largest absolute Gasteiger partial charge is 0.491 e. The lowest BCUT2D eigenvalue weighted by molar-refractivity contribution is -0.137. The van der Waals surface area contributed by atoms with E-state index in [0.29, 0.717) is 31.9 Å². The van der Waals surface area contributed by atoms with Crippen molar-refractivity contribution in [2.24, 2.45) is 11.8 Å². The Hall–Kier alpha value is -2.66. The molecule has 0 radical (unpaired) electrons. The fraction of sp³-hybridized carbons (Fsp3) is 0.690. The van der Waals surface area contributed by atoms with Crippen LogP contribution in [0.4, 0.5) is 4.79 Å². The molecule has 1 heterocycles. The third-order valence-electron chi connectivity index (χ3n) is 7.83. The second-order valence-corrected chi connectivity index (χ2v) is 13.1. The number of benzene rings is 1. The number of ether oxygens (including phenoxy) is 1. The average Bonchev–Trinajstić information content (AvgIpc) is 3.19. The minimum atomic E-state index is -4.13. The van der Waals surface area contributed by atoms with E-state index in [2.05, 4.69) is 10.6 Å². The Balaban J connectivity index is 1.82. The summed E-state index contributed by atoms with van der Waals surface area (Å²) < 4.78 is 30.1. The highest BCUT2D eigenvalue weighted by atomic mass is 31.2. The van der Waals surface area contributed by atoms with Gasteiger partial charge in [-0.2, -0.15) is 0 Å². The van der Waals surface area contributed by atoms with Crippen LogP contribution in [0.1, 0.15) is 71.3 Å². The molecule has 1 fully saturated rings. The molecule has 0 saturated heterocycles. The Bertz CT molecular complexity index is 1090. The van der Waals surface area contributed by atoms with Gasteiger partial charge in [-0.25, -0.2) is 4.79 Å². The highest BCUT2D eigenvalue weighted by Crippen LogP contribution is 2.53. The van der Waals surface area contributed by atoms with E-state index < -0.39 is 43.4 Å². The molecule has 0 spiro atoms. The third-order valence-corrected chi connectivity index (χ3v) is 10.1. The predicted molar refractivity (Wildman–Crippen MR) is 156 cm³/mol. The maximum atomic E-state index is 13.6. The Morgan fingerprint density at radius 1 is 1.10 bits per heavy atom. The van der Waals surface area contributed by atoms with Gasteiger partial charge in [0.05, 0.1) is 25.8 Å². The van der Waals surface area contributed by atoms with Crippen LogP contribution in [0.3, 0.4) is 0 Å². The Labute approximate surface area is 248 Å². The summed E-state index contributed by atoms with van der Waals surface area (Å²) in [5.74, 6) is -2.50. The first-order valence-electron chi connectivity index (χ1n) is 14.9. The first-order valence-corrected chi connectivity index (χ1v) is 16.5. The molecule has 2 unspecified atom stereocenters. The second-order valence-electron chi connectivity index (χ2n) is 11.0. The molecule has 1 aliphatic heterocycles. The molecule has 0 bridgehead atoms. The average molecular weight is 612 g/mol. The van der Waals surface area contributed by atoms with Gasteiger partial charge >= 0.3 is 13.7 Å². The van der Waals surface area contributed by atoms with Gasteiger partial charge in [-0.15, -0.1) is 0 Å². The van der Waals surface area contributed by atoms with Gasteiger partial charge in [0.1, 0.15) is 18.4 Å². The maximum absolute atomic E-state index is 13.6. The number of nitrogens with one attached hydrogen (secondary N) is 2. The van der Waals surface area contributed by atoms with E-state index in [9.17, 15) is 29.2 Å². The van der Waals surface area contributed by atoms with Crippen molar-refractivity contribution in [3.8, 4) is 5.75 Å². The molecule has 4 N–H and O–H groups in total. The lowest BCUT2D eigenvalue weighted by Gasteiger charge is -2.33. The van der Waals surface area contributed by atoms with E-state index in [-0.39, 0.29) is 31.5 Å². The van der Waals surface area contributed by atoms with Crippen molar-refractivity contribution < 1.29 is 42.9 Å². The molecular weight excluding hydrogens is 565 g/mol. The van der Waals surface area contributed by atoms with Gasteiger partial charge < -0.3 is 39.5 Å². The highest BCUT2D eigenvalue weighted by molar-refractivity contribution is 7.54. The molecular formula is C29H46N3O9P. The van der Waals surface area contributed by atoms with Crippen molar-refractivity contribution in [1.82, 2.24) is 15.5 Å². The molecule has 1 saturated carbocycles. The predicted octanol–water partition coefficient (Wildman–Crippen LogP) is 4.11. The first kappa shape index (κ1) is 33.8. The highest BCUT2D eigenvalue weighted by Gasteiger charge is 2.43. The normalized spacial score (nSPS) is 18.9. The lowest BCUT2D eigenvalue weighted by atomic mass is 9.84. The van der Waals surface area contributed by atoms with Crippen molar-refractivity contribution in [3.05, 3.63) is 29.8 Å². The van der Waals surface area contributed by atoms with Crippen molar-refractivity contribution >= 4 is 25.5 Å². The number of carboxylic acid groups (broad SMARTS) is 1. The van der Waals surface area contributed by atoms with Gasteiger partial charge in [-0.3, -0.25) is 14.2 Å². The van der Waals surface area contributed by atoms with Crippen LogP contribution in [0.15, 0.2) is 24.3 Å². The van der Waals surface area contributed by atoms with Gasteiger partial charge in [0.25, 0.3) is 0 Å². The third kappa shape index (κ3) is 9.42. The zero-order valence-corrected chi connectivity index (χ0v) is 25.7. The van der Waals surface area contributed by atoms with E-state index >= 15 is 0 Å². The van der Waals surface area contributed by atoms with Gasteiger partial charge in [-0.05, 0) is 38.7 Å². The monoisotopic (exact) mass is 611 g/mol. The summed E-state index contributed by atoms with van der Waals surface area (Å²) in [5, 5.41) is 25.8. The second kappa shape index (κ2) is 16.3. The first-order chi connectivity index (χ1) is 20.1. The fourth-order valence-electron chi connectivity index (χ4n) is 5.75. The molecule has 1 aliphatic carbocycles. The lowest BCUT2D eigenvalue weighted by Crippen LogP contribution is -2.54. The zero-order valence-electron chi connectivity index (χ0n) is 24.8. The summed E-state index contributed by atoms with van der Waals surface area (Å²) in [6, 6.07) is 5.17. The van der Waals surface area contributed by atoms with Crippen LogP contribution in [0, 0.1) is 11.8 Å². The molecule has 3 amide bonds. The number of aliphatic hydroxyl groups is 1. The number of amides is 3. The summed E-state index contributed by atoms with van der Waals surface area (Å²) in [4.78, 5) is 40.4. The number of rotatable bonds is 14. The van der Waals surface area contributed by atoms with Crippen LogP contribution < -0.4 is 15.4 Å². The molecule has 1 aromatic rings. The molecule has 2 aliphatic rings. The Morgan fingerprint density at radius 3 is 2.40 bits per heavy atom. The topological polar surface area (TPSA) is 164 Å². The van der Waals surface area contributed by atoms with E-state index in [1.165, 1.54) is 0 Å². The van der Waals surface area contributed by atoms with Gasteiger partial charge in [0.15, 0.2) is 5.85 Å². The fourth-order valence-corrected chi connectivity index (χ4v) is 7.49. The number of fused-ring (bicyclic) bond motifs is 1. The number of carbonyl (C=O) groups excluding carboxylic acids is 2. The van der Waals surface area contributed by atoms with Crippen LogP contribution in [0.25, 0.3) is 0 Å². The maximum Gasteiger partial charge on any atom is 0.405 e. The standard InChI is InChI=1S/C29H46N3O9P/c1-4-40-42(38,41-5-2)28(35)24(30-26(33)23(31-29(36)37)18-21-11-7-6-8-12-21)17-20(3)27(34)32-15-16-39-25-14-10-9-13-22(25)19-32/h9-10,13-14,20-21,23-24,28,31,35H,4-8,11-12,15-19H2,1-3H3,(H,30,33)(H,36,37)/t20?,23-,24-,28?/m0/s1. The minimum Gasteiger partial charge on any atom is -0.491 e. The number of aliphatic hydroxyl groups excluding tert-OH is 1. The Morgan fingerprint density at radius 2 is 1.76 bits per heavy atom. The molecule has 4 atom stereocenters. The van der Waals surface area contributed by atoms with Gasteiger partial charge in [-0.1, -0.05) is 57.2 Å². The molecule has 1 aromatic carbocycles.